The smallest absolute Gasteiger partial charge is 0.0798 e. The minimum atomic E-state index is -0.354. The van der Waals surface area contributed by atoms with Crippen LogP contribution in [0, 0.1) is 6.92 Å². The molecule has 0 spiro atoms. The second-order valence-corrected chi connectivity index (χ2v) is 5.90. The van der Waals surface area contributed by atoms with Gasteiger partial charge in [-0.2, -0.15) is 0 Å². The summed E-state index contributed by atoms with van der Waals surface area (Å²) in [5, 5.41) is 10.6. The lowest BCUT2D eigenvalue weighted by atomic mass is 9.79. The molecule has 1 aliphatic rings. The van der Waals surface area contributed by atoms with Gasteiger partial charge >= 0.3 is 0 Å². The Kier molecular flexibility index (Phi) is 3.88. The van der Waals surface area contributed by atoms with E-state index in [9.17, 15) is 5.11 Å². The summed E-state index contributed by atoms with van der Waals surface area (Å²) in [6.45, 7) is 2.08. The summed E-state index contributed by atoms with van der Waals surface area (Å²) in [5.74, 6) is 0.495. The first-order valence-electron chi connectivity index (χ1n) is 7.57. The largest absolute Gasteiger partial charge is 0.388 e. The number of rotatable bonds is 3. The standard InChI is InChI=1S/C19H22O/c1-14-7-2-4-11-17(14)19(20)13-16-10-6-9-15-8-3-5-12-18(15)16/h2-5,7-8,11-12,16,19-20H,6,9-10,13H2,1H3. The van der Waals surface area contributed by atoms with Crippen LogP contribution in [0.4, 0.5) is 0 Å². The fraction of sp³-hybridized carbons (Fsp3) is 0.368. The molecular formula is C19H22O. The molecule has 2 unspecified atom stereocenters. The molecule has 1 N–H and O–H groups in total. The van der Waals surface area contributed by atoms with Gasteiger partial charge in [0.05, 0.1) is 6.10 Å². The number of hydrogen-bond acceptors (Lipinski definition) is 1. The quantitative estimate of drug-likeness (QED) is 0.864. The minimum Gasteiger partial charge on any atom is -0.388 e. The van der Waals surface area contributed by atoms with E-state index in [1.807, 2.05) is 12.1 Å². The van der Waals surface area contributed by atoms with Crippen LogP contribution in [0.3, 0.4) is 0 Å². The SMILES string of the molecule is Cc1ccccc1C(O)CC1CCCc2ccccc21. The molecule has 1 heteroatoms. The minimum absolute atomic E-state index is 0.354. The fourth-order valence-electron chi connectivity index (χ4n) is 3.46. The van der Waals surface area contributed by atoms with Gasteiger partial charge < -0.3 is 5.11 Å². The number of hydrogen-bond donors (Lipinski definition) is 1. The van der Waals surface area contributed by atoms with Gasteiger partial charge in [-0.15, -0.1) is 0 Å². The average Bonchev–Trinajstić information content (AvgIpc) is 2.48. The maximum atomic E-state index is 10.6. The highest BCUT2D eigenvalue weighted by Gasteiger charge is 2.23. The van der Waals surface area contributed by atoms with Crippen molar-refractivity contribution in [3.8, 4) is 0 Å². The first-order chi connectivity index (χ1) is 9.75. The van der Waals surface area contributed by atoms with Crippen molar-refractivity contribution in [3.05, 3.63) is 70.8 Å². The normalized spacial score (nSPS) is 19.4. The zero-order chi connectivity index (χ0) is 13.9. The van der Waals surface area contributed by atoms with Gasteiger partial charge in [-0.05, 0) is 60.8 Å². The highest BCUT2D eigenvalue weighted by Crippen LogP contribution is 2.38. The Morgan fingerprint density at radius 3 is 2.70 bits per heavy atom. The molecule has 20 heavy (non-hydrogen) atoms. The highest BCUT2D eigenvalue weighted by atomic mass is 16.3. The lowest BCUT2D eigenvalue weighted by Gasteiger charge is -2.27. The zero-order valence-corrected chi connectivity index (χ0v) is 12.0. The zero-order valence-electron chi connectivity index (χ0n) is 12.0. The van der Waals surface area contributed by atoms with Crippen molar-refractivity contribution in [1.82, 2.24) is 0 Å². The van der Waals surface area contributed by atoms with Crippen LogP contribution in [0.15, 0.2) is 48.5 Å². The van der Waals surface area contributed by atoms with Gasteiger partial charge in [0.15, 0.2) is 0 Å². The maximum absolute atomic E-state index is 10.6. The molecular weight excluding hydrogens is 244 g/mol. The van der Waals surface area contributed by atoms with Crippen molar-refractivity contribution in [3.63, 3.8) is 0 Å². The predicted molar refractivity (Wildman–Crippen MR) is 82.9 cm³/mol. The van der Waals surface area contributed by atoms with Crippen LogP contribution in [0.25, 0.3) is 0 Å². The summed E-state index contributed by atoms with van der Waals surface area (Å²) in [5.41, 5.74) is 5.19. The van der Waals surface area contributed by atoms with Gasteiger partial charge in [0.2, 0.25) is 0 Å². The number of aliphatic hydroxyl groups excluding tert-OH is 1. The van der Waals surface area contributed by atoms with Gasteiger partial charge in [-0.25, -0.2) is 0 Å². The first-order valence-corrected chi connectivity index (χ1v) is 7.57. The molecule has 0 saturated carbocycles. The third kappa shape index (κ3) is 2.64. The molecule has 0 saturated heterocycles. The predicted octanol–water partition coefficient (Wildman–Crippen LogP) is 4.54. The van der Waals surface area contributed by atoms with Crippen molar-refractivity contribution in [1.29, 1.82) is 0 Å². The van der Waals surface area contributed by atoms with Crippen LogP contribution in [-0.4, -0.2) is 5.11 Å². The van der Waals surface area contributed by atoms with E-state index in [4.69, 9.17) is 0 Å². The second-order valence-electron chi connectivity index (χ2n) is 5.90. The van der Waals surface area contributed by atoms with E-state index in [1.54, 1.807) is 0 Å². The molecule has 0 aliphatic heterocycles. The third-order valence-electron chi connectivity index (χ3n) is 4.55. The van der Waals surface area contributed by atoms with Crippen LogP contribution in [0.5, 0.6) is 0 Å². The summed E-state index contributed by atoms with van der Waals surface area (Å²) in [6, 6.07) is 16.9. The topological polar surface area (TPSA) is 20.2 Å². The number of fused-ring (bicyclic) bond motifs is 1. The van der Waals surface area contributed by atoms with Crippen molar-refractivity contribution in [2.45, 2.75) is 44.6 Å². The van der Waals surface area contributed by atoms with Crippen LogP contribution >= 0.6 is 0 Å². The Labute approximate surface area is 121 Å². The molecule has 3 rings (SSSR count). The third-order valence-corrected chi connectivity index (χ3v) is 4.55. The summed E-state index contributed by atoms with van der Waals surface area (Å²) in [7, 11) is 0. The van der Waals surface area contributed by atoms with E-state index in [0.717, 1.165) is 12.0 Å². The Bertz CT molecular complexity index is 588. The lowest BCUT2D eigenvalue weighted by molar-refractivity contribution is 0.153. The van der Waals surface area contributed by atoms with Crippen molar-refractivity contribution in [2.24, 2.45) is 0 Å². The fourth-order valence-corrected chi connectivity index (χ4v) is 3.46. The summed E-state index contributed by atoms with van der Waals surface area (Å²) in [6.07, 6.45) is 4.10. The van der Waals surface area contributed by atoms with Gasteiger partial charge in [-0.3, -0.25) is 0 Å². The molecule has 1 nitrogen and oxygen atoms in total. The Morgan fingerprint density at radius 2 is 1.85 bits per heavy atom. The second kappa shape index (κ2) is 5.80. The van der Waals surface area contributed by atoms with Crippen molar-refractivity contribution in [2.75, 3.05) is 0 Å². The van der Waals surface area contributed by atoms with E-state index >= 15 is 0 Å². The average molecular weight is 266 g/mol. The summed E-state index contributed by atoms with van der Waals surface area (Å²) >= 11 is 0. The van der Waals surface area contributed by atoms with Crippen molar-refractivity contribution >= 4 is 0 Å². The van der Waals surface area contributed by atoms with Gasteiger partial charge in [0, 0.05) is 0 Å². The highest BCUT2D eigenvalue weighted by molar-refractivity contribution is 5.34. The molecule has 0 amide bonds. The van der Waals surface area contributed by atoms with Crippen LogP contribution in [-0.2, 0) is 6.42 Å². The number of aliphatic hydroxyl groups is 1. The Hall–Kier alpha value is -1.60. The maximum Gasteiger partial charge on any atom is 0.0798 e. The first kappa shape index (κ1) is 13.4. The lowest BCUT2D eigenvalue weighted by Crippen LogP contribution is -2.13. The van der Waals surface area contributed by atoms with Gasteiger partial charge in [0.1, 0.15) is 0 Å². The van der Waals surface area contributed by atoms with E-state index in [2.05, 4.69) is 43.3 Å². The molecule has 0 fully saturated rings. The number of aryl methyl sites for hydroxylation is 2. The monoisotopic (exact) mass is 266 g/mol. The Morgan fingerprint density at radius 1 is 1.10 bits per heavy atom. The molecule has 0 heterocycles. The van der Waals surface area contributed by atoms with Crippen LogP contribution in [0.2, 0.25) is 0 Å². The summed E-state index contributed by atoms with van der Waals surface area (Å²) in [4.78, 5) is 0. The molecule has 0 aromatic heterocycles. The van der Waals surface area contributed by atoms with Crippen molar-refractivity contribution < 1.29 is 5.11 Å². The number of benzene rings is 2. The van der Waals surface area contributed by atoms with E-state index < -0.39 is 0 Å². The Balaban J connectivity index is 1.81. The molecule has 2 aromatic carbocycles. The van der Waals surface area contributed by atoms with E-state index in [-0.39, 0.29) is 6.10 Å². The van der Waals surface area contributed by atoms with E-state index in [1.165, 1.54) is 36.0 Å². The van der Waals surface area contributed by atoms with Crippen LogP contribution < -0.4 is 0 Å². The molecule has 0 bridgehead atoms. The molecule has 0 radical (unpaired) electrons. The van der Waals surface area contributed by atoms with E-state index in [0.29, 0.717) is 5.92 Å². The van der Waals surface area contributed by atoms with Gasteiger partial charge in [0.25, 0.3) is 0 Å². The van der Waals surface area contributed by atoms with Crippen LogP contribution in [0.1, 0.15) is 53.5 Å². The molecule has 1 aliphatic carbocycles. The van der Waals surface area contributed by atoms with Gasteiger partial charge in [-0.1, -0.05) is 48.5 Å². The summed E-state index contributed by atoms with van der Waals surface area (Å²) < 4.78 is 0. The molecule has 104 valence electrons. The molecule has 2 atom stereocenters. The molecule has 2 aromatic rings.